The van der Waals surface area contributed by atoms with Crippen LogP contribution in [0.2, 0.25) is 0 Å². The quantitative estimate of drug-likeness (QED) is 0.399. The molecule has 41 heavy (non-hydrogen) atoms. The molecule has 5 amide bonds. The molecule has 12 heteroatoms. The van der Waals surface area contributed by atoms with E-state index in [-0.39, 0.29) is 36.8 Å². The van der Waals surface area contributed by atoms with E-state index in [9.17, 15) is 24.0 Å². The van der Waals surface area contributed by atoms with Gasteiger partial charge in [-0.3, -0.25) is 24.0 Å². The summed E-state index contributed by atoms with van der Waals surface area (Å²) in [6, 6.07) is 3.42. The lowest BCUT2D eigenvalue weighted by molar-refractivity contribution is -0.143. The number of carbonyl (C=O) groups excluding carboxylic acids is 5. The SMILES string of the molecule is CC(C)[C@H]1NC(=O)COc2ccc(cc2)C[C@@H](C(=O)NC2CCOCC2)NC(=O)[C@H](C)NC(=O)[C@@H]2CCCN2C1=O. The lowest BCUT2D eigenvalue weighted by atomic mass is 10.0. The van der Waals surface area contributed by atoms with Crippen molar-refractivity contribution in [3.8, 4) is 5.75 Å². The molecule has 0 aliphatic carbocycles. The molecule has 4 N–H and O–H groups in total. The molecule has 0 radical (unpaired) electrons. The number of fused-ring (bicyclic) bond motifs is 13. The smallest absolute Gasteiger partial charge is 0.258 e. The molecular weight excluding hydrogens is 530 g/mol. The maximum absolute atomic E-state index is 13.5. The topological polar surface area (TPSA) is 155 Å². The summed E-state index contributed by atoms with van der Waals surface area (Å²) < 4.78 is 11.0. The highest BCUT2D eigenvalue weighted by atomic mass is 16.5. The standard InChI is InChI=1S/C29H41N5O7/c1-17(2)25-29(39)34-12-4-5-23(34)28(38)30-18(3)26(36)32-22(27(37)31-20-10-13-40-14-11-20)15-19-6-8-21(9-7-19)41-16-24(35)33-25/h6-9,17-18,20,22-23,25H,4-5,10-16H2,1-3H3,(H,30,38)(H,31,37)(H,32,36)(H,33,35)/t18-,22-,23-,25+/m0/s1. The number of nitrogens with one attached hydrogen (secondary N) is 4. The molecule has 2 bridgehead atoms. The third-order valence-corrected chi connectivity index (χ3v) is 7.77. The van der Waals surface area contributed by atoms with E-state index in [2.05, 4.69) is 21.3 Å². The van der Waals surface area contributed by atoms with E-state index >= 15 is 0 Å². The highest BCUT2D eigenvalue weighted by Crippen LogP contribution is 2.21. The second kappa shape index (κ2) is 13.8. The summed E-state index contributed by atoms with van der Waals surface area (Å²) >= 11 is 0. The summed E-state index contributed by atoms with van der Waals surface area (Å²) in [7, 11) is 0. The number of ether oxygens (including phenoxy) is 2. The van der Waals surface area contributed by atoms with Gasteiger partial charge in [0, 0.05) is 32.2 Å². The molecule has 2 fully saturated rings. The van der Waals surface area contributed by atoms with Crippen LogP contribution in [0.25, 0.3) is 0 Å². The number of hydrogen-bond donors (Lipinski definition) is 4. The number of carbonyl (C=O) groups is 5. The second-order valence-corrected chi connectivity index (χ2v) is 11.3. The molecular formula is C29H41N5O7. The Bertz CT molecular complexity index is 1120. The Kier molecular flexibility index (Phi) is 10.2. The Morgan fingerprint density at radius 2 is 1.68 bits per heavy atom. The first-order chi connectivity index (χ1) is 19.6. The van der Waals surface area contributed by atoms with Crippen molar-refractivity contribution in [3.05, 3.63) is 29.8 Å². The molecule has 1 aromatic carbocycles. The number of rotatable bonds is 3. The Labute approximate surface area is 240 Å². The van der Waals surface area contributed by atoms with Crippen LogP contribution in [0.15, 0.2) is 24.3 Å². The van der Waals surface area contributed by atoms with Gasteiger partial charge in [0.25, 0.3) is 5.91 Å². The van der Waals surface area contributed by atoms with Gasteiger partial charge in [-0.2, -0.15) is 0 Å². The van der Waals surface area contributed by atoms with Crippen molar-refractivity contribution in [2.24, 2.45) is 5.92 Å². The average Bonchev–Trinajstić information content (AvgIpc) is 3.45. The predicted molar refractivity (Wildman–Crippen MR) is 149 cm³/mol. The van der Waals surface area contributed by atoms with Gasteiger partial charge in [-0.25, -0.2) is 0 Å². The van der Waals surface area contributed by atoms with Gasteiger partial charge >= 0.3 is 0 Å². The van der Waals surface area contributed by atoms with Gasteiger partial charge in [-0.1, -0.05) is 26.0 Å². The van der Waals surface area contributed by atoms with Crippen molar-refractivity contribution >= 4 is 29.5 Å². The fourth-order valence-corrected chi connectivity index (χ4v) is 5.34. The van der Waals surface area contributed by atoms with Crippen LogP contribution in [-0.2, 0) is 35.1 Å². The molecule has 12 nitrogen and oxygen atoms in total. The van der Waals surface area contributed by atoms with Gasteiger partial charge in [0.1, 0.15) is 29.9 Å². The van der Waals surface area contributed by atoms with Crippen molar-refractivity contribution in [3.63, 3.8) is 0 Å². The van der Waals surface area contributed by atoms with E-state index in [1.54, 1.807) is 31.2 Å². The van der Waals surface area contributed by atoms with E-state index < -0.39 is 41.9 Å². The Morgan fingerprint density at radius 1 is 0.976 bits per heavy atom. The van der Waals surface area contributed by atoms with Crippen LogP contribution in [0.4, 0.5) is 0 Å². The molecule has 5 rings (SSSR count). The van der Waals surface area contributed by atoms with Gasteiger partial charge in [0.05, 0.1) is 0 Å². The van der Waals surface area contributed by atoms with E-state index in [1.165, 1.54) is 4.90 Å². The Balaban J connectivity index is 1.57. The second-order valence-electron chi connectivity index (χ2n) is 11.3. The molecule has 0 aromatic heterocycles. The molecule has 4 aliphatic rings. The maximum Gasteiger partial charge on any atom is 0.258 e. The van der Waals surface area contributed by atoms with Gasteiger partial charge in [0.2, 0.25) is 23.6 Å². The fraction of sp³-hybridized carbons (Fsp3) is 0.621. The van der Waals surface area contributed by atoms with Crippen LogP contribution in [0.5, 0.6) is 5.75 Å². The highest BCUT2D eigenvalue weighted by molar-refractivity contribution is 5.96. The summed E-state index contributed by atoms with van der Waals surface area (Å²) in [5, 5.41) is 11.3. The molecule has 0 spiro atoms. The first-order valence-corrected chi connectivity index (χ1v) is 14.4. The number of benzene rings is 1. The van der Waals surface area contributed by atoms with Crippen molar-refractivity contribution in [2.45, 2.75) is 83.1 Å². The number of amides is 5. The first kappa shape index (κ1) is 30.3. The van der Waals surface area contributed by atoms with Crippen molar-refractivity contribution in [1.82, 2.24) is 26.2 Å². The van der Waals surface area contributed by atoms with Gasteiger partial charge < -0.3 is 35.6 Å². The summed E-state index contributed by atoms with van der Waals surface area (Å²) in [6.45, 7) is 6.39. The minimum atomic E-state index is -0.947. The molecule has 224 valence electrons. The van der Waals surface area contributed by atoms with Crippen LogP contribution in [0, 0.1) is 5.92 Å². The predicted octanol–water partition coefficient (Wildman–Crippen LogP) is 0.0380. The van der Waals surface area contributed by atoms with E-state index in [1.807, 2.05) is 13.8 Å². The summed E-state index contributed by atoms with van der Waals surface area (Å²) in [5.41, 5.74) is 0.774. The summed E-state index contributed by atoms with van der Waals surface area (Å²) in [4.78, 5) is 67.4. The minimum Gasteiger partial charge on any atom is -0.484 e. The molecule has 0 unspecified atom stereocenters. The summed E-state index contributed by atoms with van der Waals surface area (Å²) in [5.74, 6) is -1.86. The first-order valence-electron chi connectivity index (χ1n) is 14.4. The lowest BCUT2D eigenvalue weighted by Gasteiger charge is -2.31. The van der Waals surface area contributed by atoms with E-state index in [0.29, 0.717) is 51.2 Å². The average molecular weight is 572 g/mol. The largest absolute Gasteiger partial charge is 0.484 e. The highest BCUT2D eigenvalue weighted by Gasteiger charge is 2.39. The molecule has 2 saturated heterocycles. The monoisotopic (exact) mass is 571 g/mol. The number of nitrogens with zero attached hydrogens (tertiary/aromatic N) is 1. The Hall–Kier alpha value is -3.67. The van der Waals surface area contributed by atoms with Crippen LogP contribution in [0.1, 0.15) is 52.0 Å². The zero-order valence-electron chi connectivity index (χ0n) is 23.9. The number of hydrogen-bond acceptors (Lipinski definition) is 7. The van der Waals surface area contributed by atoms with E-state index in [4.69, 9.17) is 9.47 Å². The molecule has 1 aromatic rings. The fourth-order valence-electron chi connectivity index (χ4n) is 5.34. The minimum absolute atomic E-state index is 0.0512. The molecule has 4 aliphatic heterocycles. The van der Waals surface area contributed by atoms with Crippen LogP contribution < -0.4 is 26.0 Å². The van der Waals surface area contributed by atoms with Crippen LogP contribution in [0.3, 0.4) is 0 Å². The van der Waals surface area contributed by atoms with Crippen LogP contribution >= 0.6 is 0 Å². The normalized spacial score (nSPS) is 27.1. The van der Waals surface area contributed by atoms with Gasteiger partial charge in [-0.05, 0) is 56.2 Å². The summed E-state index contributed by atoms with van der Waals surface area (Å²) in [6.07, 6.45) is 2.65. The lowest BCUT2D eigenvalue weighted by Crippen LogP contribution is -2.58. The van der Waals surface area contributed by atoms with Crippen LogP contribution in [-0.4, -0.2) is 91.0 Å². The molecule has 4 atom stereocenters. The maximum atomic E-state index is 13.5. The van der Waals surface area contributed by atoms with Crippen molar-refractivity contribution in [1.29, 1.82) is 0 Å². The van der Waals surface area contributed by atoms with Crippen molar-refractivity contribution in [2.75, 3.05) is 26.4 Å². The van der Waals surface area contributed by atoms with Gasteiger partial charge in [-0.15, -0.1) is 0 Å². The van der Waals surface area contributed by atoms with Crippen molar-refractivity contribution < 1.29 is 33.4 Å². The van der Waals surface area contributed by atoms with E-state index in [0.717, 1.165) is 5.56 Å². The zero-order valence-corrected chi connectivity index (χ0v) is 23.9. The third-order valence-electron chi connectivity index (χ3n) is 7.77. The molecule has 4 heterocycles. The molecule has 0 saturated carbocycles. The van der Waals surface area contributed by atoms with Gasteiger partial charge in [0.15, 0.2) is 6.61 Å². The third kappa shape index (κ3) is 7.96. The zero-order chi connectivity index (χ0) is 29.5. The Morgan fingerprint density at radius 3 is 2.37 bits per heavy atom.